The van der Waals surface area contributed by atoms with Crippen molar-refractivity contribution < 1.29 is 28.2 Å². The van der Waals surface area contributed by atoms with Gasteiger partial charge in [0.15, 0.2) is 22.8 Å². The average Bonchev–Trinajstić information content (AvgIpc) is 3.38. The molecule has 2 aromatic heterocycles. The number of aromatic nitrogens is 1. The number of furan rings is 1. The molecule has 7 nitrogen and oxygen atoms in total. The zero-order valence-corrected chi connectivity index (χ0v) is 16.7. The molecule has 3 heterocycles. The number of fused-ring (bicyclic) bond motifs is 1. The number of ether oxygens (including phenoxy) is 3. The highest BCUT2D eigenvalue weighted by Gasteiger charge is 2.21. The van der Waals surface area contributed by atoms with Gasteiger partial charge in [-0.15, -0.1) is 0 Å². The molecule has 144 valence electrons. The summed E-state index contributed by atoms with van der Waals surface area (Å²) in [6, 6.07) is 10.4. The number of carbonyl (C=O) groups excluding carboxylic acids is 2. The van der Waals surface area contributed by atoms with Gasteiger partial charge in [-0.05, 0) is 60.1 Å². The summed E-state index contributed by atoms with van der Waals surface area (Å²) in [5.41, 5.74) is 2.97. The fourth-order valence-corrected chi connectivity index (χ4v) is 3.48. The second kappa shape index (κ2) is 7.20. The van der Waals surface area contributed by atoms with Crippen molar-refractivity contribution >= 4 is 27.7 Å². The molecule has 0 spiro atoms. The van der Waals surface area contributed by atoms with Crippen LogP contribution in [0.5, 0.6) is 11.5 Å². The third-order valence-corrected chi connectivity index (χ3v) is 4.88. The van der Waals surface area contributed by atoms with Crippen molar-refractivity contribution in [1.82, 2.24) is 4.57 Å². The second-order valence-corrected chi connectivity index (χ2v) is 7.04. The monoisotopic (exact) mass is 445 g/mol. The van der Waals surface area contributed by atoms with E-state index in [1.807, 2.05) is 36.6 Å². The highest BCUT2D eigenvalue weighted by molar-refractivity contribution is 9.10. The molecule has 0 atom stereocenters. The van der Waals surface area contributed by atoms with E-state index in [4.69, 9.17) is 18.6 Å². The Morgan fingerprint density at radius 3 is 2.64 bits per heavy atom. The average molecular weight is 446 g/mol. The van der Waals surface area contributed by atoms with Crippen molar-refractivity contribution in [3.63, 3.8) is 0 Å². The highest BCUT2D eigenvalue weighted by Crippen LogP contribution is 2.35. The second-order valence-electron chi connectivity index (χ2n) is 6.26. The van der Waals surface area contributed by atoms with Crippen molar-refractivity contribution in [3.05, 3.63) is 63.8 Å². The Morgan fingerprint density at radius 2 is 1.89 bits per heavy atom. The van der Waals surface area contributed by atoms with E-state index < -0.39 is 5.97 Å². The number of ketones is 1. The summed E-state index contributed by atoms with van der Waals surface area (Å²) in [4.78, 5) is 24.6. The molecule has 0 aliphatic carbocycles. The molecule has 0 amide bonds. The number of hydrogen-bond donors (Lipinski definition) is 0. The Morgan fingerprint density at radius 1 is 1.11 bits per heavy atom. The zero-order valence-electron chi connectivity index (χ0n) is 15.2. The molecule has 0 saturated heterocycles. The highest BCUT2D eigenvalue weighted by atomic mass is 79.9. The van der Waals surface area contributed by atoms with Crippen molar-refractivity contribution in [2.24, 2.45) is 0 Å². The van der Waals surface area contributed by atoms with Crippen LogP contribution in [0.25, 0.3) is 5.69 Å². The van der Waals surface area contributed by atoms with Crippen LogP contribution in [0.4, 0.5) is 0 Å². The van der Waals surface area contributed by atoms with Crippen molar-refractivity contribution in [1.29, 1.82) is 0 Å². The minimum Gasteiger partial charge on any atom is -0.454 e. The first-order chi connectivity index (χ1) is 13.4. The molecule has 0 unspecified atom stereocenters. The molecule has 0 radical (unpaired) electrons. The van der Waals surface area contributed by atoms with Crippen LogP contribution in [0.1, 0.15) is 32.3 Å². The van der Waals surface area contributed by atoms with E-state index in [1.54, 1.807) is 12.1 Å². The summed E-state index contributed by atoms with van der Waals surface area (Å²) in [5.74, 6) is 0.406. The maximum Gasteiger partial charge on any atom is 0.374 e. The first-order valence-electron chi connectivity index (χ1n) is 8.48. The van der Waals surface area contributed by atoms with Gasteiger partial charge in [-0.2, -0.15) is 0 Å². The lowest BCUT2D eigenvalue weighted by Crippen LogP contribution is -2.14. The normalized spacial score (nSPS) is 12.2. The van der Waals surface area contributed by atoms with Crippen molar-refractivity contribution in [2.75, 3.05) is 13.4 Å². The minimum absolute atomic E-state index is 0.0329. The Kier molecular flexibility index (Phi) is 4.72. The predicted molar refractivity (Wildman–Crippen MR) is 102 cm³/mol. The van der Waals surface area contributed by atoms with E-state index >= 15 is 0 Å². The van der Waals surface area contributed by atoms with Crippen LogP contribution >= 0.6 is 15.9 Å². The van der Waals surface area contributed by atoms with Gasteiger partial charge < -0.3 is 23.2 Å². The van der Waals surface area contributed by atoms with E-state index in [0.717, 1.165) is 17.1 Å². The van der Waals surface area contributed by atoms with Gasteiger partial charge in [-0.1, -0.05) is 0 Å². The maximum atomic E-state index is 12.6. The summed E-state index contributed by atoms with van der Waals surface area (Å²) < 4.78 is 23.3. The van der Waals surface area contributed by atoms with Gasteiger partial charge >= 0.3 is 5.97 Å². The Labute approximate surface area is 168 Å². The van der Waals surface area contributed by atoms with E-state index in [9.17, 15) is 9.59 Å². The van der Waals surface area contributed by atoms with Crippen LogP contribution in [0.3, 0.4) is 0 Å². The number of hydrogen-bond acceptors (Lipinski definition) is 6. The smallest absolute Gasteiger partial charge is 0.374 e. The number of rotatable bonds is 5. The first-order valence-corrected chi connectivity index (χ1v) is 9.28. The minimum atomic E-state index is -0.691. The first kappa shape index (κ1) is 18.4. The zero-order chi connectivity index (χ0) is 19.8. The number of benzene rings is 1. The Balaban J connectivity index is 1.53. The quantitative estimate of drug-likeness (QED) is 0.432. The lowest BCUT2D eigenvalue weighted by atomic mass is 10.1. The summed E-state index contributed by atoms with van der Waals surface area (Å²) >= 11 is 3.12. The largest absolute Gasteiger partial charge is 0.454 e. The molecule has 0 bridgehead atoms. The fraction of sp³-hybridized carbons (Fsp3) is 0.200. The number of halogens is 1. The molecule has 1 aliphatic heterocycles. The number of carbonyl (C=O) groups is 2. The number of Topliss-reactive ketones (excluding diaryl/α,β-unsaturated/α-hetero) is 1. The van der Waals surface area contributed by atoms with Gasteiger partial charge in [0, 0.05) is 28.7 Å². The van der Waals surface area contributed by atoms with Gasteiger partial charge in [-0.3, -0.25) is 4.79 Å². The van der Waals surface area contributed by atoms with Gasteiger partial charge in [-0.25, -0.2) is 4.79 Å². The topological polar surface area (TPSA) is 79.9 Å². The molecule has 0 fully saturated rings. The molecule has 8 heteroatoms. The van der Waals surface area contributed by atoms with Crippen LogP contribution in [0.15, 0.2) is 45.5 Å². The van der Waals surface area contributed by atoms with Crippen LogP contribution < -0.4 is 9.47 Å². The number of esters is 1. The fourth-order valence-electron chi connectivity index (χ4n) is 3.17. The molecule has 0 saturated carbocycles. The van der Waals surface area contributed by atoms with Gasteiger partial charge in [0.1, 0.15) is 0 Å². The predicted octanol–water partition coefficient (Wildman–Crippen LogP) is 4.22. The van der Waals surface area contributed by atoms with Crippen LogP contribution in [-0.2, 0) is 4.74 Å². The summed E-state index contributed by atoms with van der Waals surface area (Å²) in [5, 5.41) is 0. The van der Waals surface area contributed by atoms with Crippen LogP contribution in [-0.4, -0.2) is 29.7 Å². The van der Waals surface area contributed by atoms with Crippen LogP contribution in [0, 0.1) is 13.8 Å². The van der Waals surface area contributed by atoms with Gasteiger partial charge in [0.05, 0.1) is 0 Å². The Bertz CT molecular complexity index is 1080. The van der Waals surface area contributed by atoms with E-state index in [1.165, 1.54) is 6.07 Å². The number of aryl methyl sites for hydroxylation is 1. The molecule has 1 aliphatic rings. The SMILES string of the molecule is Cc1cc(C(=O)COC(=O)c2ccc(Br)o2)c(C)n1-c1ccc2c(c1)OCO2. The molecule has 4 rings (SSSR count). The molecule has 0 N–H and O–H groups in total. The molecule has 28 heavy (non-hydrogen) atoms. The van der Waals surface area contributed by atoms with Crippen molar-refractivity contribution in [3.8, 4) is 17.2 Å². The summed E-state index contributed by atoms with van der Waals surface area (Å²) in [7, 11) is 0. The molecule has 1 aromatic carbocycles. The number of nitrogens with zero attached hydrogens (tertiary/aromatic N) is 1. The lowest BCUT2D eigenvalue weighted by molar-refractivity contribution is 0.0442. The van der Waals surface area contributed by atoms with E-state index in [-0.39, 0.29) is 24.9 Å². The van der Waals surface area contributed by atoms with E-state index in [2.05, 4.69) is 15.9 Å². The lowest BCUT2D eigenvalue weighted by Gasteiger charge is -2.10. The van der Waals surface area contributed by atoms with Crippen LogP contribution in [0.2, 0.25) is 0 Å². The molecule has 3 aromatic rings. The third-order valence-electron chi connectivity index (χ3n) is 4.45. The Hall–Kier alpha value is -3.00. The standard InChI is InChI=1S/C20H16BrNO6/c1-11-7-14(15(23)9-25-20(24)17-5-6-19(21)28-17)12(2)22(11)13-3-4-16-18(8-13)27-10-26-16/h3-8H,9-10H2,1-2H3. The maximum absolute atomic E-state index is 12.6. The summed E-state index contributed by atoms with van der Waals surface area (Å²) in [6.07, 6.45) is 0. The molecular formula is C20H16BrNO6. The van der Waals surface area contributed by atoms with Crippen molar-refractivity contribution in [2.45, 2.75) is 13.8 Å². The molecular weight excluding hydrogens is 430 g/mol. The van der Waals surface area contributed by atoms with E-state index in [0.29, 0.717) is 21.7 Å². The van der Waals surface area contributed by atoms with Gasteiger partial charge in [0.25, 0.3) is 0 Å². The summed E-state index contributed by atoms with van der Waals surface area (Å²) in [6.45, 7) is 3.57. The van der Waals surface area contributed by atoms with Gasteiger partial charge in [0.2, 0.25) is 18.3 Å². The third kappa shape index (κ3) is 3.31.